The van der Waals surface area contributed by atoms with Gasteiger partial charge < -0.3 is 14.2 Å². The van der Waals surface area contributed by atoms with Crippen molar-refractivity contribution in [3.8, 4) is 17.1 Å². The first-order valence-electron chi connectivity index (χ1n) is 9.66. The number of hydrogen-bond donors (Lipinski definition) is 0. The lowest BCUT2D eigenvalue weighted by Gasteiger charge is -2.21. The van der Waals surface area contributed by atoms with Gasteiger partial charge in [0.2, 0.25) is 17.6 Å². The molecule has 1 fully saturated rings. The molecule has 0 radical (unpaired) electrons. The zero-order chi connectivity index (χ0) is 20.2. The number of carbonyl (C=O) groups excluding carboxylic acids is 1. The molecule has 29 heavy (non-hydrogen) atoms. The van der Waals surface area contributed by atoms with Gasteiger partial charge in [-0.1, -0.05) is 41.0 Å². The molecule has 0 saturated carbocycles. The molecule has 0 bridgehead atoms. The van der Waals surface area contributed by atoms with Crippen molar-refractivity contribution in [1.82, 2.24) is 15.0 Å². The summed E-state index contributed by atoms with van der Waals surface area (Å²) in [5.74, 6) is 1.82. The van der Waals surface area contributed by atoms with E-state index in [9.17, 15) is 4.79 Å². The van der Waals surface area contributed by atoms with Crippen LogP contribution in [0.15, 0.2) is 53.1 Å². The number of rotatable bonds is 6. The van der Waals surface area contributed by atoms with Gasteiger partial charge in [0.1, 0.15) is 11.8 Å². The summed E-state index contributed by atoms with van der Waals surface area (Å²) in [6.45, 7) is 0.704. The minimum atomic E-state index is -0.179. The first-order valence-corrected chi connectivity index (χ1v) is 10.0. The topological polar surface area (TPSA) is 68.5 Å². The molecular weight excluding hydrogens is 390 g/mol. The van der Waals surface area contributed by atoms with E-state index in [1.165, 1.54) is 0 Å². The number of halogens is 1. The summed E-state index contributed by atoms with van der Waals surface area (Å²) in [5, 5.41) is 4.64. The highest BCUT2D eigenvalue weighted by molar-refractivity contribution is 6.33. The van der Waals surface area contributed by atoms with E-state index in [4.69, 9.17) is 20.9 Å². The Morgan fingerprint density at radius 3 is 2.79 bits per heavy atom. The lowest BCUT2D eigenvalue weighted by molar-refractivity contribution is -0.132. The molecule has 6 nitrogen and oxygen atoms in total. The van der Waals surface area contributed by atoms with Crippen molar-refractivity contribution < 1.29 is 14.1 Å². The molecule has 2 heterocycles. The molecular formula is C22H22ClN3O3. The van der Waals surface area contributed by atoms with Crippen LogP contribution < -0.4 is 4.74 Å². The van der Waals surface area contributed by atoms with Crippen molar-refractivity contribution in [2.75, 3.05) is 13.7 Å². The molecule has 1 aromatic heterocycles. The molecule has 1 unspecified atom stereocenters. The molecule has 2 aromatic carbocycles. The number of aryl methyl sites for hydroxylation is 1. The summed E-state index contributed by atoms with van der Waals surface area (Å²) in [6.07, 6.45) is 2.86. The number of nitrogens with zero attached hydrogens (tertiary/aromatic N) is 3. The van der Waals surface area contributed by atoms with Crippen molar-refractivity contribution in [1.29, 1.82) is 0 Å². The van der Waals surface area contributed by atoms with Crippen molar-refractivity contribution in [3.05, 3.63) is 65.0 Å². The molecule has 1 saturated heterocycles. The second-order valence-electron chi connectivity index (χ2n) is 7.03. The predicted molar refractivity (Wildman–Crippen MR) is 110 cm³/mol. The van der Waals surface area contributed by atoms with E-state index >= 15 is 0 Å². The molecule has 0 spiro atoms. The highest BCUT2D eigenvalue weighted by Crippen LogP contribution is 2.33. The van der Waals surface area contributed by atoms with Crippen LogP contribution in [0.1, 0.15) is 36.8 Å². The van der Waals surface area contributed by atoms with Crippen LogP contribution in [0.2, 0.25) is 5.02 Å². The van der Waals surface area contributed by atoms with Gasteiger partial charge in [-0.05, 0) is 49.1 Å². The third kappa shape index (κ3) is 4.27. The molecule has 4 rings (SSSR count). The molecule has 1 atom stereocenters. The van der Waals surface area contributed by atoms with Gasteiger partial charge in [-0.3, -0.25) is 4.79 Å². The standard InChI is InChI=1S/C22H22ClN3O3/c1-28-16-11-8-15(9-12-16)10-13-20(27)26-14-4-7-19(26)22-24-21(25-29-22)17-5-2-3-6-18(17)23/h2-3,5-6,8-9,11-12,19H,4,7,10,13-14H2,1H3. The summed E-state index contributed by atoms with van der Waals surface area (Å²) < 4.78 is 10.7. The van der Waals surface area contributed by atoms with Crippen LogP contribution in [0.4, 0.5) is 0 Å². The molecule has 150 valence electrons. The maximum atomic E-state index is 12.8. The van der Waals surface area contributed by atoms with E-state index in [1.807, 2.05) is 47.4 Å². The number of amides is 1. The Morgan fingerprint density at radius 1 is 1.24 bits per heavy atom. The van der Waals surface area contributed by atoms with Gasteiger partial charge in [-0.2, -0.15) is 4.98 Å². The van der Waals surface area contributed by atoms with Crippen LogP contribution in [0.3, 0.4) is 0 Å². The number of methoxy groups -OCH3 is 1. The van der Waals surface area contributed by atoms with Crippen molar-refractivity contribution >= 4 is 17.5 Å². The predicted octanol–water partition coefficient (Wildman–Crippen LogP) is 4.69. The highest BCUT2D eigenvalue weighted by Gasteiger charge is 2.33. The lowest BCUT2D eigenvalue weighted by atomic mass is 10.1. The monoisotopic (exact) mass is 411 g/mol. The molecule has 1 aliphatic heterocycles. The molecule has 7 heteroatoms. The second-order valence-corrected chi connectivity index (χ2v) is 7.44. The zero-order valence-electron chi connectivity index (χ0n) is 16.2. The van der Waals surface area contributed by atoms with E-state index in [2.05, 4.69) is 10.1 Å². The Bertz CT molecular complexity index is 987. The number of ether oxygens (including phenoxy) is 1. The minimum Gasteiger partial charge on any atom is -0.497 e. The summed E-state index contributed by atoms with van der Waals surface area (Å²) in [4.78, 5) is 19.2. The van der Waals surface area contributed by atoms with Gasteiger partial charge in [-0.25, -0.2) is 0 Å². The van der Waals surface area contributed by atoms with Gasteiger partial charge in [0.15, 0.2) is 0 Å². The molecule has 3 aromatic rings. The summed E-state index contributed by atoms with van der Waals surface area (Å²) in [6, 6.07) is 15.0. The zero-order valence-corrected chi connectivity index (χ0v) is 16.9. The van der Waals surface area contributed by atoms with Crippen molar-refractivity contribution in [3.63, 3.8) is 0 Å². The van der Waals surface area contributed by atoms with E-state index in [0.717, 1.165) is 29.7 Å². The van der Waals surface area contributed by atoms with E-state index in [0.29, 0.717) is 36.1 Å². The van der Waals surface area contributed by atoms with Gasteiger partial charge in [0.25, 0.3) is 0 Å². The Balaban J connectivity index is 1.43. The Morgan fingerprint density at radius 2 is 2.03 bits per heavy atom. The number of aromatic nitrogens is 2. The SMILES string of the molecule is COc1ccc(CCC(=O)N2CCCC2c2nc(-c3ccccc3Cl)no2)cc1. The van der Waals surface area contributed by atoms with Gasteiger partial charge in [0, 0.05) is 18.5 Å². The average molecular weight is 412 g/mol. The largest absolute Gasteiger partial charge is 0.497 e. The first kappa shape index (κ1) is 19.5. The summed E-state index contributed by atoms with van der Waals surface area (Å²) in [5.41, 5.74) is 1.83. The van der Waals surface area contributed by atoms with Crippen LogP contribution in [0.5, 0.6) is 5.75 Å². The molecule has 0 aliphatic carbocycles. The van der Waals surface area contributed by atoms with Crippen molar-refractivity contribution in [2.24, 2.45) is 0 Å². The number of benzene rings is 2. The van der Waals surface area contributed by atoms with Gasteiger partial charge in [-0.15, -0.1) is 0 Å². The van der Waals surface area contributed by atoms with Gasteiger partial charge >= 0.3 is 0 Å². The second kappa shape index (κ2) is 8.66. The maximum absolute atomic E-state index is 12.8. The Hall–Kier alpha value is -2.86. The van der Waals surface area contributed by atoms with E-state index in [-0.39, 0.29) is 11.9 Å². The number of carbonyl (C=O) groups is 1. The highest BCUT2D eigenvalue weighted by atomic mass is 35.5. The number of likely N-dealkylation sites (tertiary alicyclic amines) is 1. The van der Waals surface area contributed by atoms with Crippen LogP contribution in [-0.4, -0.2) is 34.6 Å². The molecule has 0 N–H and O–H groups in total. The maximum Gasteiger partial charge on any atom is 0.249 e. The Kier molecular flexibility index (Phi) is 5.81. The quantitative estimate of drug-likeness (QED) is 0.588. The smallest absolute Gasteiger partial charge is 0.249 e. The first-order chi connectivity index (χ1) is 14.2. The average Bonchev–Trinajstić information content (AvgIpc) is 3.42. The van der Waals surface area contributed by atoms with E-state index < -0.39 is 0 Å². The number of hydrogen-bond acceptors (Lipinski definition) is 5. The third-order valence-electron chi connectivity index (χ3n) is 5.20. The third-order valence-corrected chi connectivity index (χ3v) is 5.53. The fourth-order valence-electron chi connectivity index (χ4n) is 3.63. The minimum absolute atomic E-state index is 0.0980. The molecule has 1 aliphatic rings. The summed E-state index contributed by atoms with van der Waals surface area (Å²) in [7, 11) is 1.64. The normalized spacial score (nSPS) is 16.2. The Labute approximate surface area is 174 Å². The van der Waals surface area contributed by atoms with Gasteiger partial charge in [0.05, 0.1) is 12.1 Å². The van der Waals surface area contributed by atoms with E-state index in [1.54, 1.807) is 13.2 Å². The van der Waals surface area contributed by atoms with Crippen LogP contribution in [-0.2, 0) is 11.2 Å². The summed E-state index contributed by atoms with van der Waals surface area (Å²) >= 11 is 6.23. The van der Waals surface area contributed by atoms with Crippen LogP contribution in [0.25, 0.3) is 11.4 Å². The van der Waals surface area contributed by atoms with Crippen LogP contribution in [0, 0.1) is 0 Å². The lowest BCUT2D eigenvalue weighted by Crippen LogP contribution is -2.30. The van der Waals surface area contributed by atoms with Crippen molar-refractivity contribution in [2.45, 2.75) is 31.7 Å². The van der Waals surface area contributed by atoms with Crippen LogP contribution >= 0.6 is 11.6 Å². The fraction of sp³-hybridized carbons (Fsp3) is 0.318. The molecule has 1 amide bonds. The fourth-order valence-corrected chi connectivity index (χ4v) is 3.85.